The first-order valence-corrected chi connectivity index (χ1v) is 8.22. The number of methoxy groups -OCH3 is 1. The zero-order valence-corrected chi connectivity index (χ0v) is 13.3. The maximum Gasteiger partial charge on any atom is 0.272 e. The first-order valence-electron chi connectivity index (χ1n) is 6.74. The van der Waals surface area contributed by atoms with Crippen LogP contribution >= 0.6 is 0 Å². The Morgan fingerprint density at radius 3 is 2.74 bits per heavy atom. The van der Waals surface area contributed by atoms with Crippen LogP contribution in [0.2, 0.25) is 0 Å². The minimum atomic E-state index is -3.58. The highest BCUT2D eigenvalue weighted by atomic mass is 32.2. The van der Waals surface area contributed by atoms with Gasteiger partial charge in [0.25, 0.3) is 5.91 Å². The highest BCUT2D eigenvalue weighted by Crippen LogP contribution is 2.27. The van der Waals surface area contributed by atoms with Gasteiger partial charge in [-0.1, -0.05) is 0 Å². The third kappa shape index (κ3) is 2.64. The Morgan fingerprint density at radius 1 is 1.30 bits per heavy atom. The van der Waals surface area contributed by atoms with Crippen molar-refractivity contribution in [1.82, 2.24) is 10.0 Å². The molecule has 0 unspecified atom stereocenters. The molecule has 0 saturated heterocycles. The normalized spacial score (nSPS) is 17.0. The average molecular weight is 334 g/mol. The molecule has 8 nitrogen and oxygen atoms in total. The highest BCUT2D eigenvalue weighted by Gasteiger charge is 2.28. The Kier molecular flexibility index (Phi) is 3.74. The molecule has 0 aliphatic carbocycles. The molecule has 9 heteroatoms. The zero-order chi connectivity index (χ0) is 16.6. The number of sulfonamides is 1. The van der Waals surface area contributed by atoms with Crippen LogP contribution in [0.3, 0.4) is 0 Å². The summed E-state index contributed by atoms with van der Waals surface area (Å²) < 4.78 is 31.2. The molecule has 0 spiro atoms. The minimum Gasteiger partial charge on any atom is -0.496 e. The molecular weight excluding hydrogens is 320 g/mol. The second-order valence-electron chi connectivity index (χ2n) is 4.76. The Balaban J connectivity index is 2.07. The highest BCUT2D eigenvalue weighted by molar-refractivity contribution is 7.89. The number of rotatable bonds is 4. The van der Waals surface area contributed by atoms with E-state index in [1.165, 1.54) is 26.3 Å². The van der Waals surface area contributed by atoms with E-state index in [1.807, 2.05) is 0 Å². The Bertz CT molecular complexity index is 884. The second-order valence-corrected chi connectivity index (χ2v) is 6.65. The van der Waals surface area contributed by atoms with E-state index in [0.29, 0.717) is 29.4 Å². The van der Waals surface area contributed by atoms with E-state index in [0.717, 1.165) is 0 Å². The van der Waals surface area contributed by atoms with Crippen LogP contribution in [0.4, 0.5) is 0 Å². The Morgan fingerprint density at radius 2 is 2.09 bits per heavy atom. The van der Waals surface area contributed by atoms with Crippen LogP contribution in [0.1, 0.15) is 5.56 Å². The molecule has 0 radical (unpaired) electrons. The van der Waals surface area contributed by atoms with Gasteiger partial charge in [-0.25, -0.2) is 23.1 Å². The van der Waals surface area contributed by atoms with Crippen LogP contribution in [0.15, 0.2) is 44.9 Å². The van der Waals surface area contributed by atoms with E-state index in [4.69, 9.17) is 4.74 Å². The first kappa shape index (κ1) is 15.4. The topological polar surface area (TPSA) is 109 Å². The predicted molar refractivity (Wildman–Crippen MR) is 84.3 cm³/mol. The van der Waals surface area contributed by atoms with Crippen molar-refractivity contribution in [1.29, 1.82) is 0 Å². The number of nitrogens with one attached hydrogen (secondary N) is 2. The number of amides is 1. The smallest absolute Gasteiger partial charge is 0.272 e. The number of ether oxygens (including phenoxy) is 1. The number of amidine groups is 1. The van der Waals surface area contributed by atoms with Crippen molar-refractivity contribution in [2.24, 2.45) is 9.98 Å². The lowest BCUT2D eigenvalue weighted by molar-refractivity contribution is -0.114. The monoisotopic (exact) mass is 334 g/mol. The lowest BCUT2D eigenvalue weighted by Crippen LogP contribution is -2.35. The van der Waals surface area contributed by atoms with Crippen LogP contribution in [0.25, 0.3) is 0 Å². The van der Waals surface area contributed by atoms with Crippen LogP contribution in [0, 0.1) is 0 Å². The van der Waals surface area contributed by atoms with Crippen molar-refractivity contribution in [2.45, 2.75) is 4.90 Å². The fourth-order valence-electron chi connectivity index (χ4n) is 2.25. The van der Waals surface area contributed by atoms with E-state index >= 15 is 0 Å². The fourth-order valence-corrected chi connectivity index (χ4v) is 3.00. The van der Waals surface area contributed by atoms with Crippen molar-refractivity contribution < 1.29 is 17.9 Å². The first-order chi connectivity index (χ1) is 11.0. The summed E-state index contributed by atoms with van der Waals surface area (Å²) in [4.78, 5) is 20.4. The van der Waals surface area contributed by atoms with E-state index in [2.05, 4.69) is 20.0 Å². The second kappa shape index (κ2) is 5.60. The summed E-state index contributed by atoms with van der Waals surface area (Å²) in [5.74, 6) is 0.340. The van der Waals surface area contributed by atoms with E-state index in [1.54, 1.807) is 12.1 Å². The summed E-state index contributed by atoms with van der Waals surface area (Å²) in [5.41, 5.74) is 1.27. The number of hydrogen-bond acceptors (Lipinski definition) is 6. The summed E-state index contributed by atoms with van der Waals surface area (Å²) in [7, 11) is -0.823. The van der Waals surface area contributed by atoms with Crippen molar-refractivity contribution >= 4 is 27.5 Å². The molecule has 0 atom stereocenters. The van der Waals surface area contributed by atoms with Gasteiger partial charge in [-0.2, -0.15) is 0 Å². The number of nitrogens with zero attached hydrogens (tertiary/aromatic N) is 2. The number of benzene rings is 1. The van der Waals surface area contributed by atoms with Gasteiger partial charge >= 0.3 is 0 Å². The van der Waals surface area contributed by atoms with Gasteiger partial charge in [0.05, 0.1) is 23.3 Å². The molecule has 1 amide bonds. The van der Waals surface area contributed by atoms with E-state index in [-0.39, 0.29) is 16.5 Å². The quantitative estimate of drug-likeness (QED) is 0.796. The van der Waals surface area contributed by atoms with Crippen molar-refractivity contribution in [3.8, 4) is 5.75 Å². The largest absolute Gasteiger partial charge is 0.496 e. The molecule has 1 aromatic carbocycles. The maximum atomic E-state index is 11.9. The minimum absolute atomic E-state index is 0.0706. The molecule has 120 valence electrons. The number of carbonyl (C=O) groups is 1. The maximum absolute atomic E-state index is 11.9. The van der Waals surface area contributed by atoms with Gasteiger partial charge in [-0.05, 0) is 25.3 Å². The molecule has 2 aliphatic heterocycles. The number of aliphatic imine (C=N–C) groups is 2. The molecule has 0 aromatic heterocycles. The van der Waals surface area contributed by atoms with Crippen molar-refractivity contribution in [3.63, 3.8) is 0 Å². The fraction of sp³-hybridized carbons (Fsp3) is 0.214. The third-order valence-corrected chi connectivity index (χ3v) is 4.86. The molecule has 2 aliphatic rings. The summed E-state index contributed by atoms with van der Waals surface area (Å²) in [5, 5.41) is 2.65. The molecule has 0 bridgehead atoms. The SMILES string of the molecule is CNS(=O)(=O)c1ccc(C2=NC3=CCNC(=O)C3=N2)c(OC)c1. The molecule has 2 N–H and O–H groups in total. The lowest BCUT2D eigenvalue weighted by Gasteiger charge is -2.09. The van der Waals surface area contributed by atoms with Gasteiger partial charge in [-0.15, -0.1) is 0 Å². The van der Waals surface area contributed by atoms with E-state index in [9.17, 15) is 13.2 Å². The predicted octanol–water partition coefficient (Wildman–Crippen LogP) is -0.182. The van der Waals surface area contributed by atoms with Gasteiger partial charge in [0.1, 0.15) is 5.75 Å². The average Bonchev–Trinajstić information content (AvgIpc) is 2.99. The van der Waals surface area contributed by atoms with Gasteiger partial charge in [-0.3, -0.25) is 4.79 Å². The standard InChI is InChI=1S/C14H14N4O4S/c1-15-23(20,21)8-3-4-9(11(7-8)22-2)13-17-10-5-6-16-14(19)12(10)18-13/h3-5,7,15H,6H2,1-2H3,(H,16,19). The molecule has 0 saturated carbocycles. The van der Waals surface area contributed by atoms with Crippen LogP contribution in [-0.2, 0) is 14.8 Å². The van der Waals surface area contributed by atoms with Gasteiger partial charge in [0, 0.05) is 12.6 Å². The van der Waals surface area contributed by atoms with Crippen molar-refractivity contribution in [3.05, 3.63) is 35.5 Å². The molecule has 23 heavy (non-hydrogen) atoms. The van der Waals surface area contributed by atoms with Crippen LogP contribution in [0.5, 0.6) is 5.75 Å². The van der Waals surface area contributed by atoms with E-state index < -0.39 is 10.0 Å². The molecule has 0 fully saturated rings. The number of hydrogen-bond donors (Lipinski definition) is 2. The Labute approximate surface area is 133 Å². The Hall–Kier alpha value is -2.52. The zero-order valence-electron chi connectivity index (χ0n) is 12.5. The molecule has 3 rings (SSSR count). The third-order valence-electron chi connectivity index (χ3n) is 3.45. The van der Waals surface area contributed by atoms with Crippen LogP contribution < -0.4 is 14.8 Å². The molecule has 2 heterocycles. The van der Waals surface area contributed by atoms with Gasteiger partial charge in [0.2, 0.25) is 10.0 Å². The number of fused-ring (bicyclic) bond motifs is 1. The summed E-state index contributed by atoms with van der Waals surface area (Å²) >= 11 is 0. The van der Waals surface area contributed by atoms with Gasteiger partial charge in [0.15, 0.2) is 11.5 Å². The summed E-state index contributed by atoms with van der Waals surface area (Å²) in [6.07, 6.45) is 1.76. The van der Waals surface area contributed by atoms with Crippen LogP contribution in [-0.4, -0.2) is 46.6 Å². The molecule has 1 aromatic rings. The number of carbonyl (C=O) groups excluding carboxylic acids is 1. The van der Waals surface area contributed by atoms with Crippen molar-refractivity contribution in [2.75, 3.05) is 20.7 Å². The molecular formula is C14H14N4O4S. The lowest BCUT2D eigenvalue weighted by atomic mass is 10.2. The summed E-state index contributed by atoms with van der Waals surface area (Å²) in [6.45, 7) is 0.403. The summed E-state index contributed by atoms with van der Waals surface area (Å²) in [6, 6.07) is 4.38. The van der Waals surface area contributed by atoms with Gasteiger partial charge < -0.3 is 10.1 Å².